The van der Waals surface area contributed by atoms with Crippen LogP contribution in [-0.4, -0.2) is 0 Å². The summed E-state index contributed by atoms with van der Waals surface area (Å²) in [5.41, 5.74) is 4.10. The standard InChI is InChI=1S/C20H14FN2O/c1-12-7-8-13-18-16(10-9-14(22-2)19(18)21)24-20(13)17(12)15-6-4-5-11-23(15)3/h4-11H,1,3H3/q+1. The van der Waals surface area contributed by atoms with Gasteiger partial charge in [-0.15, -0.1) is 0 Å². The molecular formula is C20H14FN2O+. The SMILES string of the molecule is [C-]#[N+]c1ccc2oc3c(-c4cccc[n+]4C)c(C)ccc3c2c1F. The van der Waals surface area contributed by atoms with Crippen molar-refractivity contribution >= 4 is 27.6 Å². The fourth-order valence-corrected chi connectivity index (χ4v) is 3.17. The van der Waals surface area contributed by atoms with Crippen LogP contribution in [0.25, 0.3) is 38.0 Å². The molecule has 2 aromatic heterocycles. The Balaban J connectivity index is 2.19. The van der Waals surface area contributed by atoms with Crippen LogP contribution in [0.15, 0.2) is 53.1 Å². The van der Waals surface area contributed by atoms with Crippen molar-refractivity contribution in [3.8, 4) is 11.3 Å². The van der Waals surface area contributed by atoms with Crippen molar-refractivity contribution < 1.29 is 13.4 Å². The molecule has 0 aliphatic rings. The molecule has 0 aliphatic heterocycles. The van der Waals surface area contributed by atoms with E-state index in [-0.39, 0.29) is 5.69 Å². The maximum Gasteiger partial charge on any atom is 0.222 e. The lowest BCUT2D eigenvalue weighted by Gasteiger charge is -2.05. The van der Waals surface area contributed by atoms with Crippen LogP contribution in [0, 0.1) is 19.3 Å². The van der Waals surface area contributed by atoms with E-state index in [2.05, 4.69) is 4.85 Å². The predicted octanol–water partition coefficient (Wildman–Crippen LogP) is 5.08. The number of pyridine rings is 1. The summed E-state index contributed by atoms with van der Waals surface area (Å²) in [6.45, 7) is 9.12. The molecule has 0 unspecified atom stereocenters. The van der Waals surface area contributed by atoms with E-state index >= 15 is 0 Å². The van der Waals surface area contributed by atoms with Crippen LogP contribution in [0.3, 0.4) is 0 Å². The molecule has 3 nitrogen and oxygen atoms in total. The monoisotopic (exact) mass is 317 g/mol. The second-order valence-corrected chi connectivity index (χ2v) is 5.82. The van der Waals surface area contributed by atoms with Crippen LogP contribution in [-0.2, 0) is 7.05 Å². The fourth-order valence-electron chi connectivity index (χ4n) is 3.17. The summed E-state index contributed by atoms with van der Waals surface area (Å²) in [6, 6.07) is 12.9. The number of aromatic nitrogens is 1. The van der Waals surface area contributed by atoms with Gasteiger partial charge in [0.1, 0.15) is 24.0 Å². The molecule has 0 radical (unpaired) electrons. The van der Waals surface area contributed by atoms with Gasteiger partial charge in [0, 0.05) is 17.5 Å². The Hall–Kier alpha value is -3.19. The van der Waals surface area contributed by atoms with Crippen LogP contribution in [0.1, 0.15) is 5.56 Å². The third-order valence-electron chi connectivity index (χ3n) is 4.36. The number of furan rings is 1. The molecule has 4 aromatic rings. The normalized spacial score (nSPS) is 11.1. The quantitative estimate of drug-likeness (QED) is 0.354. The molecule has 116 valence electrons. The summed E-state index contributed by atoms with van der Waals surface area (Å²) in [6.07, 6.45) is 1.97. The van der Waals surface area contributed by atoms with E-state index in [0.717, 1.165) is 16.8 Å². The Labute approximate surface area is 138 Å². The number of rotatable bonds is 1. The fraction of sp³-hybridized carbons (Fsp3) is 0.100. The highest BCUT2D eigenvalue weighted by molar-refractivity contribution is 6.10. The van der Waals surface area contributed by atoms with Crippen LogP contribution in [0.4, 0.5) is 10.1 Å². The van der Waals surface area contributed by atoms with Crippen molar-refractivity contribution in [3.05, 3.63) is 71.5 Å². The second-order valence-electron chi connectivity index (χ2n) is 5.82. The molecule has 4 heteroatoms. The summed E-state index contributed by atoms with van der Waals surface area (Å²) in [5, 5.41) is 1.07. The molecule has 0 atom stereocenters. The van der Waals surface area contributed by atoms with E-state index in [0.29, 0.717) is 21.9 Å². The molecular weight excluding hydrogens is 303 g/mol. The largest absolute Gasteiger partial charge is 0.455 e. The molecule has 0 saturated heterocycles. The molecule has 2 aromatic carbocycles. The minimum atomic E-state index is -0.520. The molecule has 0 saturated carbocycles. The maximum atomic E-state index is 14.7. The summed E-state index contributed by atoms with van der Waals surface area (Å²) in [7, 11) is 1.97. The first kappa shape index (κ1) is 14.4. The third kappa shape index (κ3) is 1.92. The van der Waals surface area contributed by atoms with Crippen molar-refractivity contribution in [1.82, 2.24) is 0 Å². The highest BCUT2D eigenvalue weighted by Crippen LogP contribution is 2.39. The van der Waals surface area contributed by atoms with Gasteiger partial charge in [-0.25, -0.2) is 13.8 Å². The Bertz CT molecular complexity index is 1150. The van der Waals surface area contributed by atoms with E-state index in [1.165, 1.54) is 6.07 Å². The smallest absolute Gasteiger partial charge is 0.222 e. The first-order valence-electron chi connectivity index (χ1n) is 7.58. The highest BCUT2D eigenvalue weighted by atomic mass is 19.1. The van der Waals surface area contributed by atoms with Crippen molar-refractivity contribution in [1.29, 1.82) is 0 Å². The van der Waals surface area contributed by atoms with E-state index in [1.54, 1.807) is 6.07 Å². The van der Waals surface area contributed by atoms with Crippen LogP contribution < -0.4 is 4.57 Å². The third-order valence-corrected chi connectivity index (χ3v) is 4.36. The predicted molar refractivity (Wildman–Crippen MR) is 91.3 cm³/mol. The Morgan fingerprint density at radius 3 is 2.71 bits per heavy atom. The molecule has 0 amide bonds. The Kier molecular flexibility index (Phi) is 3.10. The van der Waals surface area contributed by atoms with Gasteiger partial charge in [0.15, 0.2) is 6.20 Å². The second kappa shape index (κ2) is 5.17. The van der Waals surface area contributed by atoms with Gasteiger partial charge in [0.05, 0.1) is 17.5 Å². The number of hydrogen-bond donors (Lipinski definition) is 0. The number of halogens is 1. The Morgan fingerprint density at radius 1 is 1.12 bits per heavy atom. The van der Waals surface area contributed by atoms with E-state index in [9.17, 15) is 4.39 Å². The lowest BCUT2D eigenvalue weighted by molar-refractivity contribution is -0.660. The van der Waals surface area contributed by atoms with Gasteiger partial charge in [-0.2, -0.15) is 0 Å². The number of benzene rings is 2. The molecule has 2 heterocycles. The van der Waals surface area contributed by atoms with Gasteiger partial charge in [0.2, 0.25) is 11.4 Å². The summed E-state index contributed by atoms with van der Waals surface area (Å²) < 4.78 is 22.7. The van der Waals surface area contributed by atoms with Gasteiger partial charge < -0.3 is 4.42 Å². The molecule has 0 bridgehead atoms. The first-order chi connectivity index (χ1) is 11.6. The van der Waals surface area contributed by atoms with Gasteiger partial charge in [-0.3, -0.25) is 0 Å². The number of fused-ring (bicyclic) bond motifs is 3. The maximum absolute atomic E-state index is 14.7. The molecule has 0 aliphatic carbocycles. The topological polar surface area (TPSA) is 21.4 Å². The van der Waals surface area contributed by atoms with E-state index in [4.69, 9.17) is 11.0 Å². The molecule has 4 rings (SSSR count). The number of aryl methyl sites for hydroxylation is 2. The van der Waals surface area contributed by atoms with E-state index < -0.39 is 5.82 Å². The highest BCUT2D eigenvalue weighted by Gasteiger charge is 2.22. The number of nitrogens with zero attached hydrogens (tertiary/aromatic N) is 2. The van der Waals surface area contributed by atoms with Gasteiger partial charge in [-0.1, -0.05) is 12.1 Å². The summed E-state index contributed by atoms with van der Waals surface area (Å²) >= 11 is 0. The van der Waals surface area contributed by atoms with E-state index in [1.807, 2.05) is 55.1 Å². The molecule has 24 heavy (non-hydrogen) atoms. The van der Waals surface area contributed by atoms with Crippen LogP contribution in [0.2, 0.25) is 0 Å². The van der Waals surface area contributed by atoms with Crippen molar-refractivity contribution in [3.63, 3.8) is 0 Å². The molecule has 0 fully saturated rings. The minimum Gasteiger partial charge on any atom is -0.455 e. The zero-order valence-electron chi connectivity index (χ0n) is 13.3. The summed E-state index contributed by atoms with van der Waals surface area (Å²) in [5.74, 6) is -0.520. The van der Waals surface area contributed by atoms with Gasteiger partial charge in [-0.05, 0) is 30.7 Å². The van der Waals surface area contributed by atoms with Crippen molar-refractivity contribution in [2.45, 2.75) is 6.92 Å². The Morgan fingerprint density at radius 2 is 1.96 bits per heavy atom. The lowest BCUT2D eigenvalue weighted by Crippen LogP contribution is -2.30. The van der Waals surface area contributed by atoms with Crippen molar-refractivity contribution in [2.24, 2.45) is 7.05 Å². The average Bonchev–Trinajstić information content (AvgIpc) is 2.95. The van der Waals surface area contributed by atoms with Crippen LogP contribution >= 0.6 is 0 Å². The van der Waals surface area contributed by atoms with Crippen LogP contribution in [0.5, 0.6) is 0 Å². The van der Waals surface area contributed by atoms with Gasteiger partial charge >= 0.3 is 0 Å². The lowest BCUT2D eigenvalue weighted by atomic mass is 10.0. The average molecular weight is 317 g/mol. The van der Waals surface area contributed by atoms with Crippen molar-refractivity contribution in [2.75, 3.05) is 0 Å². The minimum absolute atomic E-state index is 0.0117. The zero-order valence-corrected chi connectivity index (χ0v) is 13.3. The first-order valence-corrected chi connectivity index (χ1v) is 7.58. The summed E-state index contributed by atoms with van der Waals surface area (Å²) in [4.78, 5) is 3.25. The number of hydrogen-bond acceptors (Lipinski definition) is 1. The molecule has 0 spiro atoms. The van der Waals surface area contributed by atoms with Gasteiger partial charge in [0.25, 0.3) is 0 Å². The zero-order chi connectivity index (χ0) is 16.8. The molecule has 0 N–H and O–H groups in total.